The van der Waals surface area contributed by atoms with Crippen molar-refractivity contribution in [1.29, 1.82) is 0 Å². The lowest BCUT2D eigenvalue weighted by Crippen LogP contribution is -2.62. The normalized spacial score (nSPS) is 45.3. The van der Waals surface area contributed by atoms with Crippen molar-refractivity contribution in [2.75, 3.05) is 12.4 Å². The van der Waals surface area contributed by atoms with Gasteiger partial charge in [-0.25, -0.2) is 0 Å². The summed E-state index contributed by atoms with van der Waals surface area (Å²) in [5.41, 5.74) is -0.327. The zero-order valence-corrected chi connectivity index (χ0v) is 23.2. The smallest absolute Gasteiger partial charge is 0.266 e. The minimum absolute atomic E-state index is 0.0263. The predicted octanol–water partition coefficient (Wildman–Crippen LogP) is 1.73. The second-order valence-electron chi connectivity index (χ2n) is 13.2. The summed E-state index contributed by atoms with van der Waals surface area (Å²) in [5.74, 6) is 0.0745. The van der Waals surface area contributed by atoms with Crippen molar-refractivity contribution < 1.29 is 38.2 Å². The Morgan fingerprint density at radius 3 is 2.41 bits per heavy atom. The Balaban J connectivity index is 1.43. The second kappa shape index (κ2) is 10.7. The summed E-state index contributed by atoms with van der Waals surface area (Å²) >= 11 is 0. The highest BCUT2D eigenvalue weighted by atomic mass is 32.2. The summed E-state index contributed by atoms with van der Waals surface area (Å²) < 4.78 is 31.2. The molecule has 1 amide bonds. The van der Waals surface area contributed by atoms with E-state index in [9.17, 15) is 33.6 Å². The number of amides is 1. The molecule has 4 aliphatic rings. The Morgan fingerprint density at radius 1 is 1.05 bits per heavy atom. The van der Waals surface area contributed by atoms with Gasteiger partial charge < -0.3 is 25.7 Å². The van der Waals surface area contributed by atoms with Crippen molar-refractivity contribution in [2.24, 2.45) is 46.3 Å². The molecule has 9 nitrogen and oxygen atoms in total. The number of aliphatic hydroxyl groups excluding tert-OH is 4. The lowest BCUT2D eigenvalue weighted by Gasteiger charge is -2.63. The number of fused-ring (bicyclic) bond motifs is 5. The molecule has 6 N–H and O–H groups in total. The van der Waals surface area contributed by atoms with Gasteiger partial charge in [-0.05, 0) is 97.7 Å². The maximum atomic E-state index is 12.5. The van der Waals surface area contributed by atoms with E-state index in [0.717, 1.165) is 32.1 Å². The fourth-order valence-electron chi connectivity index (χ4n) is 9.39. The van der Waals surface area contributed by atoms with E-state index >= 15 is 0 Å². The van der Waals surface area contributed by atoms with Gasteiger partial charge in [0.05, 0.1) is 36.7 Å². The fraction of sp³-hybridized carbons (Fsp3) is 0.963. The largest absolute Gasteiger partial charge is 0.394 e. The number of rotatable bonds is 8. The lowest BCUT2D eigenvalue weighted by molar-refractivity contribution is -0.207. The van der Waals surface area contributed by atoms with Gasteiger partial charge in [0.15, 0.2) is 0 Å². The predicted molar refractivity (Wildman–Crippen MR) is 138 cm³/mol. The van der Waals surface area contributed by atoms with E-state index in [1.807, 2.05) is 0 Å². The molecule has 0 radical (unpaired) electrons. The molecule has 0 aromatic heterocycles. The van der Waals surface area contributed by atoms with Gasteiger partial charge in [-0.2, -0.15) is 8.42 Å². The van der Waals surface area contributed by atoms with Crippen molar-refractivity contribution >= 4 is 16.0 Å². The van der Waals surface area contributed by atoms with Gasteiger partial charge in [0, 0.05) is 6.42 Å². The molecule has 0 heterocycles. The van der Waals surface area contributed by atoms with Gasteiger partial charge in [0.25, 0.3) is 10.1 Å². The molecule has 4 rings (SSSR count). The quantitative estimate of drug-likeness (QED) is 0.251. The maximum Gasteiger partial charge on any atom is 0.266 e. The zero-order valence-electron chi connectivity index (χ0n) is 22.4. The maximum absolute atomic E-state index is 12.5. The molecule has 0 unspecified atom stereocenters. The van der Waals surface area contributed by atoms with E-state index in [1.165, 1.54) is 0 Å². The van der Waals surface area contributed by atoms with Crippen LogP contribution in [0.1, 0.15) is 78.6 Å². The van der Waals surface area contributed by atoms with Crippen molar-refractivity contribution in [3.8, 4) is 0 Å². The van der Waals surface area contributed by atoms with Crippen LogP contribution in [0.25, 0.3) is 0 Å². The Labute approximate surface area is 221 Å². The lowest BCUT2D eigenvalue weighted by atomic mass is 9.43. The third kappa shape index (κ3) is 5.48. The molecule has 4 aliphatic carbocycles. The Bertz CT molecular complexity index is 945. The molecule has 4 fully saturated rings. The molecular weight excluding hydrogens is 498 g/mol. The number of aliphatic hydroxyl groups is 4. The van der Waals surface area contributed by atoms with Crippen molar-refractivity contribution in [2.45, 2.75) is 103 Å². The van der Waals surface area contributed by atoms with Crippen molar-refractivity contribution in [3.63, 3.8) is 0 Å². The van der Waals surface area contributed by atoms with Gasteiger partial charge in [0.1, 0.15) is 0 Å². The molecular formula is C27H47NO8S. The van der Waals surface area contributed by atoms with E-state index < -0.39 is 40.7 Å². The Hall–Kier alpha value is -0.780. The fourth-order valence-corrected chi connectivity index (χ4v) is 10.1. The van der Waals surface area contributed by atoms with Crippen LogP contribution >= 0.6 is 0 Å². The average molecular weight is 546 g/mol. The molecule has 0 spiro atoms. The summed E-state index contributed by atoms with van der Waals surface area (Å²) in [6, 6.07) is -1.05. The van der Waals surface area contributed by atoms with Crippen molar-refractivity contribution in [3.05, 3.63) is 0 Å². The van der Waals surface area contributed by atoms with Gasteiger partial charge in [-0.1, -0.05) is 20.8 Å². The first-order chi connectivity index (χ1) is 17.2. The van der Waals surface area contributed by atoms with Crippen LogP contribution in [0.4, 0.5) is 0 Å². The topological polar surface area (TPSA) is 164 Å². The van der Waals surface area contributed by atoms with Crippen LogP contribution in [0.5, 0.6) is 0 Å². The molecule has 37 heavy (non-hydrogen) atoms. The molecule has 0 aromatic carbocycles. The number of carbonyl (C=O) groups is 1. The molecule has 12 atom stereocenters. The minimum atomic E-state index is -4.32. The van der Waals surface area contributed by atoms with Crippen LogP contribution < -0.4 is 5.32 Å². The third-order valence-electron chi connectivity index (χ3n) is 11.3. The Morgan fingerprint density at radius 2 is 1.76 bits per heavy atom. The minimum Gasteiger partial charge on any atom is -0.394 e. The molecule has 0 saturated heterocycles. The monoisotopic (exact) mass is 545 g/mol. The standard InChI is InChI=1S/C27H47NO8S/c1-15(4-7-24(33)28-17(13-29)14-37(34,35)36)19-5-6-20-25-21(12-23(32)27(19,20)3)26(2)9-8-18(30)10-16(26)11-22(25)31/h15-23,25,29-32H,4-14H2,1-3H3,(H,28,33)(H,34,35,36)/t15-,16+,17-,18-,19-,20+,21+,22-,23+,25+,26+,27-/m1/s1. The van der Waals surface area contributed by atoms with E-state index in [-0.39, 0.29) is 64.8 Å². The number of nitrogens with one attached hydrogen (secondary N) is 1. The van der Waals surface area contributed by atoms with Crippen LogP contribution in [0, 0.1) is 46.3 Å². The van der Waals surface area contributed by atoms with Crippen LogP contribution in [0.15, 0.2) is 0 Å². The summed E-state index contributed by atoms with van der Waals surface area (Å²) in [6.07, 6.45) is 5.20. The van der Waals surface area contributed by atoms with E-state index in [1.54, 1.807) is 0 Å². The number of carbonyl (C=O) groups excluding carboxylic acids is 1. The first kappa shape index (κ1) is 29.2. The van der Waals surface area contributed by atoms with Gasteiger partial charge in [0.2, 0.25) is 5.91 Å². The van der Waals surface area contributed by atoms with Gasteiger partial charge in [-0.3, -0.25) is 9.35 Å². The van der Waals surface area contributed by atoms with Crippen LogP contribution in [0.3, 0.4) is 0 Å². The number of hydrogen-bond donors (Lipinski definition) is 6. The third-order valence-corrected chi connectivity index (χ3v) is 12.2. The second-order valence-corrected chi connectivity index (χ2v) is 14.7. The van der Waals surface area contributed by atoms with Crippen LogP contribution in [-0.4, -0.2) is 76.0 Å². The molecule has 0 aliphatic heterocycles. The zero-order chi connectivity index (χ0) is 27.3. The first-order valence-corrected chi connectivity index (χ1v) is 15.7. The highest BCUT2D eigenvalue weighted by molar-refractivity contribution is 7.85. The molecule has 10 heteroatoms. The highest BCUT2D eigenvalue weighted by Gasteiger charge is 2.65. The van der Waals surface area contributed by atoms with E-state index in [0.29, 0.717) is 19.3 Å². The molecule has 0 aromatic rings. The SMILES string of the molecule is C[C@H](CCC(=O)N[C@H](CO)CS(=O)(=O)O)[C@H]1CC[C@H]2[C@@H]3[C@H](O)C[C@@H]4C[C@H](O)CC[C@]4(C)[C@H]3C[C@H](O)[C@]12C. The van der Waals surface area contributed by atoms with Gasteiger partial charge in [-0.15, -0.1) is 0 Å². The number of hydrogen-bond acceptors (Lipinski definition) is 7. The van der Waals surface area contributed by atoms with Crippen molar-refractivity contribution in [1.82, 2.24) is 5.32 Å². The van der Waals surface area contributed by atoms with Crippen LogP contribution in [0.2, 0.25) is 0 Å². The van der Waals surface area contributed by atoms with Crippen LogP contribution in [-0.2, 0) is 14.9 Å². The molecule has 214 valence electrons. The van der Waals surface area contributed by atoms with E-state index in [2.05, 4.69) is 26.1 Å². The summed E-state index contributed by atoms with van der Waals surface area (Å²) in [5, 5.41) is 45.2. The summed E-state index contributed by atoms with van der Waals surface area (Å²) in [4.78, 5) is 12.5. The molecule has 0 bridgehead atoms. The summed E-state index contributed by atoms with van der Waals surface area (Å²) in [7, 11) is -4.32. The first-order valence-electron chi connectivity index (χ1n) is 14.1. The molecule has 4 saturated carbocycles. The average Bonchev–Trinajstić information content (AvgIpc) is 3.16. The van der Waals surface area contributed by atoms with Gasteiger partial charge >= 0.3 is 0 Å². The Kier molecular flexibility index (Phi) is 8.41. The van der Waals surface area contributed by atoms with E-state index in [4.69, 9.17) is 4.55 Å². The summed E-state index contributed by atoms with van der Waals surface area (Å²) in [6.45, 7) is 6.01. The highest BCUT2D eigenvalue weighted by Crippen LogP contribution is 2.68.